The van der Waals surface area contributed by atoms with Gasteiger partial charge >= 0.3 is 0 Å². The van der Waals surface area contributed by atoms with E-state index in [0.29, 0.717) is 27.3 Å². The summed E-state index contributed by atoms with van der Waals surface area (Å²) in [5, 5.41) is 10.1. The highest BCUT2D eigenvalue weighted by atomic mass is 32.1. The largest absolute Gasteiger partial charge is 0.331 e. The lowest BCUT2D eigenvalue weighted by molar-refractivity contribution is 0.354. The van der Waals surface area contributed by atoms with Gasteiger partial charge in [-0.3, -0.25) is 4.68 Å². The quantitative estimate of drug-likeness (QED) is 0.219. The van der Waals surface area contributed by atoms with Gasteiger partial charge < -0.3 is 14.8 Å². The number of hydrogen-bond acceptors (Lipinski definition) is 6. The first kappa shape index (κ1) is 28.7. The molecule has 0 aliphatic carbocycles. The van der Waals surface area contributed by atoms with E-state index in [1.807, 2.05) is 66.5 Å². The molecule has 226 valence electrons. The zero-order chi connectivity index (χ0) is 31.0. The molecule has 6 aromatic rings. The first-order chi connectivity index (χ1) is 21.0. The standard InChI is InChI=1S/C33H32F3N7S/c1-16-13-37-17(2)27-12-25(40-43(16)27)32-30(28-20(14-41(4)5)9-21(34)11-22(28)35)29-23(36)15-44-33(29)31(39-32)19-7-8-26-24(10-19)38-18(3)42(26)6/h7-12,15-17,37H,13-14H2,1-6H3/t16-,17+/m0/s1. The van der Waals surface area contributed by atoms with Gasteiger partial charge in [0.05, 0.1) is 38.9 Å². The van der Waals surface area contributed by atoms with Crippen molar-refractivity contribution < 1.29 is 13.2 Å². The van der Waals surface area contributed by atoms with Gasteiger partial charge in [-0.05, 0) is 64.7 Å². The summed E-state index contributed by atoms with van der Waals surface area (Å²) in [6.45, 7) is 7.05. The number of imidazole rings is 1. The van der Waals surface area contributed by atoms with Crippen LogP contribution >= 0.6 is 11.3 Å². The molecule has 1 N–H and O–H groups in total. The molecule has 2 atom stereocenters. The minimum atomic E-state index is -0.776. The lowest BCUT2D eigenvalue weighted by atomic mass is 9.92. The van der Waals surface area contributed by atoms with Crippen LogP contribution in [0.15, 0.2) is 41.8 Å². The Hall–Kier alpha value is -4.06. The average molecular weight is 616 g/mol. The second kappa shape index (κ2) is 10.5. The molecule has 5 heterocycles. The number of halogens is 3. The zero-order valence-electron chi connectivity index (χ0n) is 25.3. The Labute approximate surface area is 257 Å². The van der Waals surface area contributed by atoms with Crippen LogP contribution in [0.5, 0.6) is 0 Å². The minimum Gasteiger partial charge on any atom is -0.331 e. The second-order valence-electron chi connectivity index (χ2n) is 11.9. The SMILES string of the molecule is Cc1nc2cc(-c3nc(-c4cc5n(n4)[C@@H](C)CN[C@@H]5C)c(-c4c(F)cc(F)cc4CN(C)C)c4c(F)csc34)ccc2n1C. The fourth-order valence-corrected chi connectivity index (χ4v) is 7.22. The van der Waals surface area contributed by atoms with Crippen molar-refractivity contribution in [3.63, 3.8) is 0 Å². The van der Waals surface area contributed by atoms with E-state index in [1.54, 1.807) is 0 Å². The van der Waals surface area contributed by atoms with Gasteiger partial charge in [-0.1, -0.05) is 6.07 Å². The fourth-order valence-electron chi connectivity index (χ4n) is 6.28. The maximum absolute atomic E-state index is 16.1. The highest BCUT2D eigenvalue weighted by molar-refractivity contribution is 7.17. The Morgan fingerprint density at radius 1 is 1.00 bits per heavy atom. The Morgan fingerprint density at radius 2 is 1.80 bits per heavy atom. The highest BCUT2D eigenvalue weighted by Gasteiger charge is 2.30. The maximum Gasteiger partial charge on any atom is 0.142 e. The number of hydrogen-bond donors (Lipinski definition) is 1. The van der Waals surface area contributed by atoms with E-state index in [1.165, 1.54) is 22.8 Å². The third kappa shape index (κ3) is 4.53. The van der Waals surface area contributed by atoms with E-state index in [4.69, 9.17) is 15.1 Å². The Morgan fingerprint density at radius 3 is 2.55 bits per heavy atom. The summed E-state index contributed by atoms with van der Waals surface area (Å²) < 4.78 is 51.3. The molecule has 0 saturated heterocycles. The normalized spacial score (nSPS) is 16.9. The number of benzene rings is 2. The van der Waals surface area contributed by atoms with Gasteiger partial charge in [0, 0.05) is 59.7 Å². The minimum absolute atomic E-state index is 0.0265. The van der Waals surface area contributed by atoms with Gasteiger partial charge in [0.2, 0.25) is 0 Å². The Kier molecular flexibility index (Phi) is 6.87. The Bertz CT molecular complexity index is 2060. The van der Waals surface area contributed by atoms with Gasteiger partial charge in [-0.25, -0.2) is 23.1 Å². The molecule has 2 aromatic carbocycles. The summed E-state index contributed by atoms with van der Waals surface area (Å²) in [6.07, 6.45) is 0. The first-order valence-corrected chi connectivity index (χ1v) is 15.4. The predicted octanol–water partition coefficient (Wildman–Crippen LogP) is 7.39. The van der Waals surface area contributed by atoms with Crippen molar-refractivity contribution in [1.82, 2.24) is 34.5 Å². The summed E-state index contributed by atoms with van der Waals surface area (Å²) in [6, 6.07) is 10.1. The number of pyridine rings is 1. The van der Waals surface area contributed by atoms with Gasteiger partial charge in [-0.2, -0.15) is 5.10 Å². The molecule has 0 spiro atoms. The van der Waals surface area contributed by atoms with Crippen LogP contribution in [0.2, 0.25) is 0 Å². The molecule has 1 aliphatic rings. The van der Waals surface area contributed by atoms with Gasteiger partial charge in [-0.15, -0.1) is 11.3 Å². The lowest BCUT2D eigenvalue weighted by Crippen LogP contribution is -2.34. The van der Waals surface area contributed by atoms with E-state index in [2.05, 4.69) is 19.2 Å². The van der Waals surface area contributed by atoms with E-state index < -0.39 is 17.5 Å². The monoisotopic (exact) mass is 615 g/mol. The van der Waals surface area contributed by atoms with Crippen LogP contribution in [0.3, 0.4) is 0 Å². The molecule has 44 heavy (non-hydrogen) atoms. The van der Waals surface area contributed by atoms with Crippen molar-refractivity contribution in [3.05, 3.63) is 76.3 Å². The van der Waals surface area contributed by atoms with Gasteiger partial charge in [0.15, 0.2) is 0 Å². The third-order valence-corrected chi connectivity index (χ3v) is 9.47. The number of aryl methyl sites for hydroxylation is 2. The number of aromatic nitrogens is 5. The van der Waals surface area contributed by atoms with Crippen molar-refractivity contribution in [3.8, 4) is 33.8 Å². The highest BCUT2D eigenvalue weighted by Crippen LogP contribution is 2.47. The van der Waals surface area contributed by atoms with Crippen molar-refractivity contribution in [2.75, 3.05) is 20.6 Å². The molecule has 0 fully saturated rings. The zero-order valence-corrected chi connectivity index (χ0v) is 26.2. The fraction of sp³-hybridized carbons (Fsp3) is 0.303. The third-order valence-electron chi connectivity index (χ3n) is 8.51. The van der Waals surface area contributed by atoms with Crippen LogP contribution in [0, 0.1) is 24.4 Å². The van der Waals surface area contributed by atoms with Gasteiger partial charge in [0.25, 0.3) is 0 Å². The van der Waals surface area contributed by atoms with Crippen molar-refractivity contribution in [1.29, 1.82) is 0 Å². The predicted molar refractivity (Wildman–Crippen MR) is 169 cm³/mol. The molecule has 11 heteroatoms. The molecule has 0 amide bonds. The van der Waals surface area contributed by atoms with Gasteiger partial charge in [0.1, 0.15) is 29.0 Å². The number of thiophene rings is 1. The summed E-state index contributed by atoms with van der Waals surface area (Å²) >= 11 is 1.21. The smallest absolute Gasteiger partial charge is 0.142 e. The Balaban J connectivity index is 1.59. The molecule has 7 rings (SSSR count). The van der Waals surface area contributed by atoms with Crippen molar-refractivity contribution >= 4 is 32.5 Å². The molecule has 0 unspecified atom stereocenters. The summed E-state index contributed by atoms with van der Waals surface area (Å²) in [5.74, 6) is -1.09. The lowest BCUT2D eigenvalue weighted by Gasteiger charge is -2.27. The number of rotatable bonds is 5. The number of fused-ring (bicyclic) bond motifs is 3. The van der Waals surface area contributed by atoms with Crippen LogP contribution in [-0.2, 0) is 13.6 Å². The first-order valence-electron chi connectivity index (χ1n) is 14.5. The molecule has 4 aromatic heterocycles. The van der Waals surface area contributed by atoms with Crippen LogP contribution in [-0.4, -0.2) is 49.9 Å². The van der Waals surface area contributed by atoms with Crippen molar-refractivity contribution in [2.45, 2.75) is 39.4 Å². The second-order valence-corrected chi connectivity index (χ2v) is 12.8. The van der Waals surface area contributed by atoms with E-state index in [-0.39, 0.29) is 35.1 Å². The summed E-state index contributed by atoms with van der Waals surface area (Å²) in [7, 11) is 5.61. The molecular formula is C33H32F3N7S. The topological polar surface area (TPSA) is 63.8 Å². The summed E-state index contributed by atoms with van der Waals surface area (Å²) in [4.78, 5) is 11.7. The average Bonchev–Trinajstić information content (AvgIpc) is 3.66. The maximum atomic E-state index is 16.1. The molecule has 7 nitrogen and oxygen atoms in total. The molecule has 0 bridgehead atoms. The van der Waals surface area contributed by atoms with E-state index >= 15 is 8.78 Å². The van der Waals surface area contributed by atoms with E-state index in [9.17, 15) is 4.39 Å². The van der Waals surface area contributed by atoms with Crippen LogP contribution in [0.1, 0.15) is 43.0 Å². The van der Waals surface area contributed by atoms with Crippen LogP contribution in [0.4, 0.5) is 13.2 Å². The van der Waals surface area contributed by atoms with Crippen molar-refractivity contribution in [2.24, 2.45) is 7.05 Å². The molecule has 0 radical (unpaired) electrons. The number of nitrogens with one attached hydrogen (secondary N) is 1. The van der Waals surface area contributed by atoms with Crippen LogP contribution in [0.25, 0.3) is 54.9 Å². The van der Waals surface area contributed by atoms with Crippen LogP contribution < -0.4 is 5.32 Å². The van der Waals surface area contributed by atoms with E-state index in [0.717, 1.165) is 40.7 Å². The molecule has 0 saturated carbocycles. The number of nitrogens with zero attached hydrogens (tertiary/aromatic N) is 6. The molecular weight excluding hydrogens is 583 g/mol. The summed E-state index contributed by atoms with van der Waals surface area (Å²) in [5.41, 5.74) is 5.67. The molecule has 1 aliphatic heterocycles.